The maximum atomic E-state index is 13.6. The summed E-state index contributed by atoms with van der Waals surface area (Å²) in [6, 6.07) is 4.68. The molecule has 0 fully saturated rings. The maximum Gasteiger partial charge on any atom is 0.309 e. The van der Waals surface area contributed by atoms with E-state index in [9.17, 15) is 9.18 Å². The topological polar surface area (TPSA) is 47.9 Å². The second-order valence-electron chi connectivity index (χ2n) is 4.80. The Kier molecular flexibility index (Phi) is 4.37. The number of hydrogen-bond donors (Lipinski definition) is 0. The van der Waals surface area contributed by atoms with Gasteiger partial charge in [0.25, 0.3) is 0 Å². The van der Waals surface area contributed by atoms with Crippen LogP contribution in [0.25, 0.3) is 0 Å². The second-order valence-corrected chi connectivity index (χ2v) is 4.80. The van der Waals surface area contributed by atoms with E-state index in [1.165, 1.54) is 6.07 Å². The number of aryl methyl sites for hydroxylation is 1. The van der Waals surface area contributed by atoms with Crippen LogP contribution in [-0.2, 0) is 14.3 Å². The summed E-state index contributed by atoms with van der Waals surface area (Å²) in [6.07, 6.45) is -0.204. The van der Waals surface area contributed by atoms with Crippen molar-refractivity contribution in [3.8, 4) is 0 Å². The zero-order valence-electron chi connectivity index (χ0n) is 11.9. The quantitative estimate of drug-likeness (QED) is 0.796. The molecule has 2 rings (SSSR count). The number of halogens is 1. The monoisotopic (exact) mass is 279 g/mol. The summed E-state index contributed by atoms with van der Waals surface area (Å²) in [6.45, 7) is 5.66. The van der Waals surface area contributed by atoms with Gasteiger partial charge in [0, 0.05) is 5.56 Å². The Balaban J connectivity index is 2.07. The van der Waals surface area contributed by atoms with Crippen LogP contribution < -0.4 is 0 Å². The van der Waals surface area contributed by atoms with Crippen LogP contribution in [0.15, 0.2) is 23.2 Å². The molecule has 108 valence electrons. The average Bonchev–Trinajstić information content (AvgIpc) is 2.74. The van der Waals surface area contributed by atoms with Crippen molar-refractivity contribution in [2.24, 2.45) is 4.99 Å². The van der Waals surface area contributed by atoms with E-state index in [2.05, 4.69) is 4.99 Å². The highest BCUT2D eigenvalue weighted by Gasteiger charge is 2.30. The van der Waals surface area contributed by atoms with Crippen LogP contribution >= 0.6 is 0 Å². The molecule has 1 aromatic carbocycles. The third-order valence-electron chi connectivity index (χ3n) is 3.21. The molecule has 0 aromatic heterocycles. The van der Waals surface area contributed by atoms with E-state index in [4.69, 9.17) is 9.47 Å². The van der Waals surface area contributed by atoms with Gasteiger partial charge in [-0.15, -0.1) is 0 Å². The van der Waals surface area contributed by atoms with Crippen LogP contribution in [0.2, 0.25) is 0 Å². The van der Waals surface area contributed by atoms with E-state index >= 15 is 0 Å². The molecule has 1 aliphatic rings. The predicted octanol–water partition coefficient (Wildman–Crippen LogP) is 2.62. The van der Waals surface area contributed by atoms with Crippen molar-refractivity contribution < 1.29 is 18.7 Å². The smallest absolute Gasteiger partial charge is 0.309 e. The SMILES string of the molecule is CCOC(=O)CC1OC(c2ccc(C)c(F)c2)=NC1C. The van der Waals surface area contributed by atoms with Gasteiger partial charge in [-0.25, -0.2) is 9.38 Å². The number of carbonyl (C=O) groups excluding carboxylic acids is 1. The molecule has 0 radical (unpaired) electrons. The lowest BCUT2D eigenvalue weighted by Gasteiger charge is -2.13. The van der Waals surface area contributed by atoms with Crippen molar-refractivity contribution in [1.29, 1.82) is 0 Å². The number of rotatable bonds is 4. The molecule has 2 atom stereocenters. The summed E-state index contributed by atoms with van der Waals surface area (Å²) in [7, 11) is 0. The average molecular weight is 279 g/mol. The second kappa shape index (κ2) is 6.03. The van der Waals surface area contributed by atoms with Crippen LogP contribution in [0.4, 0.5) is 4.39 Å². The minimum atomic E-state index is -0.353. The lowest BCUT2D eigenvalue weighted by atomic mass is 10.1. The van der Waals surface area contributed by atoms with E-state index < -0.39 is 0 Å². The summed E-state index contributed by atoms with van der Waals surface area (Å²) in [5.41, 5.74) is 1.16. The molecule has 1 heterocycles. The van der Waals surface area contributed by atoms with Crippen molar-refractivity contribution in [1.82, 2.24) is 0 Å². The van der Waals surface area contributed by atoms with Gasteiger partial charge in [-0.3, -0.25) is 4.79 Å². The first kappa shape index (κ1) is 14.5. The van der Waals surface area contributed by atoms with E-state index in [0.29, 0.717) is 23.6 Å². The van der Waals surface area contributed by atoms with Crippen LogP contribution in [0.3, 0.4) is 0 Å². The first-order valence-corrected chi connectivity index (χ1v) is 6.68. The van der Waals surface area contributed by atoms with Crippen LogP contribution in [-0.4, -0.2) is 30.6 Å². The number of benzene rings is 1. The van der Waals surface area contributed by atoms with Gasteiger partial charge in [0.1, 0.15) is 11.9 Å². The minimum Gasteiger partial charge on any atom is -0.471 e. The Hall–Kier alpha value is -1.91. The summed E-state index contributed by atoms with van der Waals surface area (Å²) in [5, 5.41) is 0. The van der Waals surface area contributed by atoms with Gasteiger partial charge in [-0.1, -0.05) is 6.07 Å². The van der Waals surface area contributed by atoms with Gasteiger partial charge in [0.2, 0.25) is 5.90 Å². The molecular weight excluding hydrogens is 261 g/mol. The minimum absolute atomic E-state index is 0.149. The summed E-state index contributed by atoms with van der Waals surface area (Å²) in [4.78, 5) is 15.8. The van der Waals surface area contributed by atoms with Gasteiger partial charge < -0.3 is 9.47 Å². The van der Waals surface area contributed by atoms with Crippen LogP contribution in [0.1, 0.15) is 31.4 Å². The lowest BCUT2D eigenvalue weighted by Crippen LogP contribution is -2.24. The number of ether oxygens (including phenoxy) is 2. The molecule has 0 saturated carbocycles. The van der Waals surface area contributed by atoms with Crippen LogP contribution in [0, 0.1) is 12.7 Å². The van der Waals surface area contributed by atoms with Gasteiger partial charge in [-0.2, -0.15) is 0 Å². The van der Waals surface area contributed by atoms with Gasteiger partial charge in [0.15, 0.2) is 0 Å². The van der Waals surface area contributed by atoms with Gasteiger partial charge >= 0.3 is 5.97 Å². The standard InChI is InChI=1S/C15H18FNO3/c1-4-19-14(18)8-13-10(3)17-15(20-13)11-6-5-9(2)12(16)7-11/h5-7,10,13H,4,8H2,1-3H3. The van der Waals surface area contributed by atoms with E-state index in [1.807, 2.05) is 6.92 Å². The van der Waals surface area contributed by atoms with Crippen molar-refractivity contribution in [2.75, 3.05) is 6.61 Å². The van der Waals surface area contributed by atoms with Gasteiger partial charge in [0.05, 0.1) is 19.1 Å². The molecule has 5 heteroatoms. The predicted molar refractivity (Wildman–Crippen MR) is 73.3 cm³/mol. The molecule has 4 nitrogen and oxygen atoms in total. The lowest BCUT2D eigenvalue weighted by molar-refractivity contribution is -0.145. The molecule has 1 aliphatic heterocycles. The molecular formula is C15H18FNO3. The molecule has 0 N–H and O–H groups in total. The summed E-state index contributed by atoms with van der Waals surface area (Å²) in [5.74, 6) is -0.225. The van der Waals surface area contributed by atoms with E-state index in [-0.39, 0.29) is 30.4 Å². The Morgan fingerprint density at radius 1 is 1.50 bits per heavy atom. The molecule has 0 amide bonds. The largest absolute Gasteiger partial charge is 0.471 e. The normalized spacial score (nSPS) is 21.3. The maximum absolute atomic E-state index is 13.6. The third-order valence-corrected chi connectivity index (χ3v) is 3.21. The summed E-state index contributed by atoms with van der Waals surface area (Å²) >= 11 is 0. The highest BCUT2D eigenvalue weighted by Crippen LogP contribution is 2.22. The molecule has 0 saturated heterocycles. The molecule has 1 aromatic rings. The Morgan fingerprint density at radius 2 is 2.25 bits per heavy atom. The highest BCUT2D eigenvalue weighted by atomic mass is 19.1. The number of esters is 1. The fourth-order valence-corrected chi connectivity index (χ4v) is 2.01. The van der Waals surface area contributed by atoms with Crippen molar-refractivity contribution >= 4 is 11.9 Å². The first-order valence-electron chi connectivity index (χ1n) is 6.68. The zero-order chi connectivity index (χ0) is 14.7. The first-order chi connectivity index (χ1) is 9.51. The Labute approximate surface area is 117 Å². The number of hydrogen-bond acceptors (Lipinski definition) is 4. The molecule has 20 heavy (non-hydrogen) atoms. The molecule has 0 bridgehead atoms. The highest BCUT2D eigenvalue weighted by molar-refractivity contribution is 5.95. The van der Waals surface area contributed by atoms with Crippen molar-refractivity contribution in [2.45, 2.75) is 39.3 Å². The molecule has 0 spiro atoms. The molecule has 0 aliphatic carbocycles. The number of nitrogens with zero attached hydrogens (tertiary/aromatic N) is 1. The van der Waals surface area contributed by atoms with Crippen molar-refractivity contribution in [3.63, 3.8) is 0 Å². The van der Waals surface area contributed by atoms with Crippen molar-refractivity contribution in [3.05, 3.63) is 35.1 Å². The molecule has 2 unspecified atom stereocenters. The fourth-order valence-electron chi connectivity index (χ4n) is 2.01. The van der Waals surface area contributed by atoms with Gasteiger partial charge in [-0.05, 0) is 38.5 Å². The Morgan fingerprint density at radius 3 is 2.90 bits per heavy atom. The summed E-state index contributed by atoms with van der Waals surface area (Å²) < 4.78 is 24.1. The van der Waals surface area contributed by atoms with E-state index in [1.54, 1.807) is 26.0 Å². The van der Waals surface area contributed by atoms with Crippen LogP contribution in [0.5, 0.6) is 0 Å². The third kappa shape index (κ3) is 3.15. The fraction of sp³-hybridized carbons (Fsp3) is 0.467. The number of aliphatic imine (C=N–C) groups is 1. The zero-order valence-corrected chi connectivity index (χ0v) is 11.9. The number of carbonyl (C=O) groups is 1. The van der Waals surface area contributed by atoms with E-state index in [0.717, 1.165) is 0 Å². The Bertz CT molecular complexity index is 542.